The number of fused-ring (bicyclic) bond motifs is 1. The molecule has 2 aliphatic rings. The van der Waals surface area contributed by atoms with Crippen LogP contribution >= 0.6 is 0 Å². The van der Waals surface area contributed by atoms with Gasteiger partial charge in [0.25, 0.3) is 0 Å². The minimum atomic E-state index is -0.672. The lowest BCUT2D eigenvalue weighted by atomic mass is 9.82. The van der Waals surface area contributed by atoms with E-state index in [2.05, 4.69) is 0 Å². The van der Waals surface area contributed by atoms with Crippen molar-refractivity contribution in [3.63, 3.8) is 0 Å². The van der Waals surface area contributed by atoms with Crippen LogP contribution in [0.1, 0.15) is 38.5 Å². The number of methoxy groups -OCH3 is 1. The van der Waals surface area contributed by atoms with Crippen LogP contribution in [0.4, 0.5) is 0 Å². The molecule has 3 heteroatoms. The molecule has 2 saturated carbocycles. The summed E-state index contributed by atoms with van der Waals surface area (Å²) in [4.78, 5) is 11.5. The molecular weight excluding hydrogens is 178 g/mol. The highest BCUT2D eigenvalue weighted by atomic mass is 16.5. The number of hydrogen-bond donors (Lipinski definition) is 1. The molecule has 0 radical (unpaired) electrons. The van der Waals surface area contributed by atoms with Gasteiger partial charge in [0.05, 0.1) is 7.11 Å². The van der Waals surface area contributed by atoms with Crippen molar-refractivity contribution in [2.75, 3.05) is 7.11 Å². The SMILES string of the molecule is COC(=O)C1(N)C[C@@H]2CCCC[C@H]2C1. The van der Waals surface area contributed by atoms with Crippen molar-refractivity contribution in [3.8, 4) is 0 Å². The molecule has 2 atom stereocenters. The Hall–Kier alpha value is -0.570. The van der Waals surface area contributed by atoms with Crippen LogP contribution in [0.3, 0.4) is 0 Å². The van der Waals surface area contributed by atoms with Crippen LogP contribution < -0.4 is 5.73 Å². The molecule has 14 heavy (non-hydrogen) atoms. The Morgan fingerprint density at radius 1 is 1.29 bits per heavy atom. The van der Waals surface area contributed by atoms with Gasteiger partial charge >= 0.3 is 5.97 Å². The van der Waals surface area contributed by atoms with E-state index in [1.807, 2.05) is 0 Å². The molecule has 2 aliphatic carbocycles. The smallest absolute Gasteiger partial charge is 0.325 e. The lowest BCUT2D eigenvalue weighted by molar-refractivity contribution is -0.147. The standard InChI is InChI=1S/C11H19NO2/c1-14-10(13)11(12)6-8-4-2-3-5-9(8)7-11/h8-9H,2-7,12H2,1H3/t8-,9-/m0/s1. The van der Waals surface area contributed by atoms with Crippen molar-refractivity contribution in [2.24, 2.45) is 17.6 Å². The highest BCUT2D eigenvalue weighted by molar-refractivity contribution is 5.81. The van der Waals surface area contributed by atoms with Crippen molar-refractivity contribution in [1.29, 1.82) is 0 Å². The topological polar surface area (TPSA) is 52.3 Å². The molecule has 2 N–H and O–H groups in total. The Balaban J connectivity index is 2.07. The predicted molar refractivity (Wildman–Crippen MR) is 53.6 cm³/mol. The van der Waals surface area contributed by atoms with Crippen molar-refractivity contribution in [3.05, 3.63) is 0 Å². The summed E-state index contributed by atoms with van der Waals surface area (Å²) in [6, 6.07) is 0. The molecule has 0 aliphatic heterocycles. The first kappa shape index (κ1) is 9.97. The molecule has 0 unspecified atom stereocenters. The van der Waals surface area contributed by atoms with Gasteiger partial charge in [0.15, 0.2) is 0 Å². The number of esters is 1. The maximum Gasteiger partial charge on any atom is 0.325 e. The molecule has 0 spiro atoms. The van der Waals surface area contributed by atoms with Crippen LogP contribution in [0.25, 0.3) is 0 Å². The molecule has 2 fully saturated rings. The van der Waals surface area contributed by atoms with Crippen LogP contribution in [0, 0.1) is 11.8 Å². The highest BCUT2D eigenvalue weighted by Crippen LogP contribution is 2.46. The Morgan fingerprint density at radius 2 is 1.79 bits per heavy atom. The molecular formula is C11H19NO2. The maximum atomic E-state index is 11.5. The number of carbonyl (C=O) groups excluding carboxylic acids is 1. The van der Waals surface area contributed by atoms with E-state index in [9.17, 15) is 4.79 Å². The van der Waals surface area contributed by atoms with Crippen molar-refractivity contribution in [2.45, 2.75) is 44.1 Å². The van der Waals surface area contributed by atoms with Gasteiger partial charge in [-0.05, 0) is 24.7 Å². The summed E-state index contributed by atoms with van der Waals surface area (Å²) in [6.07, 6.45) is 6.78. The molecule has 0 bridgehead atoms. The first-order chi connectivity index (χ1) is 6.65. The first-order valence-corrected chi connectivity index (χ1v) is 5.53. The van der Waals surface area contributed by atoms with E-state index in [0.29, 0.717) is 11.8 Å². The van der Waals surface area contributed by atoms with Gasteiger partial charge in [0.1, 0.15) is 5.54 Å². The number of hydrogen-bond acceptors (Lipinski definition) is 3. The quantitative estimate of drug-likeness (QED) is 0.647. The highest BCUT2D eigenvalue weighted by Gasteiger charge is 2.48. The average Bonchev–Trinajstić information content (AvgIpc) is 2.54. The molecule has 0 amide bonds. The van der Waals surface area contributed by atoms with E-state index in [1.54, 1.807) is 0 Å². The van der Waals surface area contributed by atoms with Gasteiger partial charge in [-0.1, -0.05) is 25.7 Å². The Kier molecular flexibility index (Phi) is 2.52. The van der Waals surface area contributed by atoms with Gasteiger partial charge in [-0.3, -0.25) is 4.79 Å². The third-order valence-corrected chi connectivity index (χ3v) is 3.91. The number of rotatable bonds is 1. The largest absolute Gasteiger partial charge is 0.468 e. The summed E-state index contributed by atoms with van der Waals surface area (Å²) in [7, 11) is 1.43. The van der Waals surface area contributed by atoms with Crippen molar-refractivity contribution >= 4 is 5.97 Å². The number of nitrogens with two attached hydrogens (primary N) is 1. The molecule has 80 valence electrons. The first-order valence-electron chi connectivity index (χ1n) is 5.53. The van der Waals surface area contributed by atoms with Gasteiger partial charge in [-0.25, -0.2) is 0 Å². The lowest BCUT2D eigenvalue weighted by Crippen LogP contribution is -2.46. The van der Waals surface area contributed by atoms with Crippen LogP contribution in [-0.4, -0.2) is 18.6 Å². The fraction of sp³-hybridized carbons (Fsp3) is 0.909. The normalized spacial score (nSPS) is 35.0. The zero-order valence-corrected chi connectivity index (χ0v) is 8.79. The molecule has 2 rings (SSSR count). The number of ether oxygens (including phenoxy) is 1. The molecule has 0 saturated heterocycles. The predicted octanol–water partition coefficient (Wildman–Crippen LogP) is 1.46. The molecule has 0 heterocycles. The van der Waals surface area contributed by atoms with Crippen LogP contribution in [0.5, 0.6) is 0 Å². The number of carbonyl (C=O) groups is 1. The van der Waals surface area contributed by atoms with E-state index < -0.39 is 5.54 Å². The summed E-state index contributed by atoms with van der Waals surface area (Å²) in [5.74, 6) is 1.13. The summed E-state index contributed by atoms with van der Waals surface area (Å²) in [5.41, 5.74) is 5.43. The lowest BCUT2D eigenvalue weighted by Gasteiger charge is -2.23. The van der Waals surface area contributed by atoms with Crippen LogP contribution in [0.2, 0.25) is 0 Å². The summed E-state index contributed by atoms with van der Waals surface area (Å²) in [5, 5.41) is 0. The minimum absolute atomic E-state index is 0.216. The Morgan fingerprint density at radius 3 is 2.21 bits per heavy atom. The molecule has 0 aromatic rings. The van der Waals surface area contributed by atoms with E-state index >= 15 is 0 Å². The van der Waals surface area contributed by atoms with Crippen LogP contribution in [0.15, 0.2) is 0 Å². The zero-order valence-electron chi connectivity index (χ0n) is 8.79. The average molecular weight is 197 g/mol. The fourth-order valence-electron chi connectivity index (χ4n) is 3.21. The van der Waals surface area contributed by atoms with E-state index in [4.69, 9.17) is 10.5 Å². The monoisotopic (exact) mass is 197 g/mol. The van der Waals surface area contributed by atoms with Gasteiger partial charge < -0.3 is 10.5 Å². The fourth-order valence-corrected chi connectivity index (χ4v) is 3.21. The minimum Gasteiger partial charge on any atom is -0.468 e. The van der Waals surface area contributed by atoms with Gasteiger partial charge in [-0.2, -0.15) is 0 Å². The summed E-state index contributed by atoms with van der Waals surface area (Å²) >= 11 is 0. The summed E-state index contributed by atoms with van der Waals surface area (Å²) in [6.45, 7) is 0. The van der Waals surface area contributed by atoms with E-state index in [1.165, 1.54) is 32.8 Å². The summed E-state index contributed by atoms with van der Waals surface area (Å²) < 4.78 is 4.78. The zero-order chi connectivity index (χ0) is 10.2. The van der Waals surface area contributed by atoms with Crippen molar-refractivity contribution in [1.82, 2.24) is 0 Å². The molecule has 3 nitrogen and oxygen atoms in total. The van der Waals surface area contributed by atoms with Gasteiger partial charge in [0.2, 0.25) is 0 Å². The van der Waals surface area contributed by atoms with E-state index in [0.717, 1.165) is 12.8 Å². The third kappa shape index (κ3) is 1.54. The van der Waals surface area contributed by atoms with Crippen molar-refractivity contribution < 1.29 is 9.53 Å². The van der Waals surface area contributed by atoms with Gasteiger partial charge in [0, 0.05) is 0 Å². The van der Waals surface area contributed by atoms with Gasteiger partial charge in [-0.15, -0.1) is 0 Å². The second-order valence-corrected chi connectivity index (χ2v) is 4.86. The Labute approximate surface area is 85.0 Å². The van der Waals surface area contributed by atoms with E-state index in [-0.39, 0.29) is 5.97 Å². The second-order valence-electron chi connectivity index (χ2n) is 4.86. The van der Waals surface area contributed by atoms with Crippen LogP contribution in [-0.2, 0) is 9.53 Å². The maximum absolute atomic E-state index is 11.5. The third-order valence-electron chi connectivity index (χ3n) is 3.91. The Bertz CT molecular complexity index is 225. The molecule has 0 aromatic heterocycles. The molecule has 0 aromatic carbocycles. The second kappa shape index (κ2) is 3.54.